The Bertz CT molecular complexity index is 1380. The molecule has 192 valence electrons. The van der Waals surface area contributed by atoms with Gasteiger partial charge in [0.2, 0.25) is 0 Å². The van der Waals surface area contributed by atoms with Crippen LogP contribution in [0.3, 0.4) is 0 Å². The summed E-state index contributed by atoms with van der Waals surface area (Å²) in [7, 11) is 0. The van der Waals surface area contributed by atoms with Gasteiger partial charge in [0.25, 0.3) is 0 Å². The van der Waals surface area contributed by atoms with Crippen LogP contribution in [0.1, 0.15) is 54.8 Å². The zero-order valence-corrected chi connectivity index (χ0v) is 22.7. The van der Waals surface area contributed by atoms with Crippen molar-refractivity contribution in [2.24, 2.45) is 17.8 Å². The van der Waals surface area contributed by atoms with E-state index >= 15 is 0 Å². The van der Waals surface area contributed by atoms with E-state index in [1.807, 2.05) is 105 Å². The maximum atomic E-state index is 13.8. The average Bonchev–Trinajstić information content (AvgIpc) is 2.95. The molecule has 0 N–H and O–H groups in total. The predicted octanol–water partition coefficient (Wildman–Crippen LogP) is 9.33. The highest BCUT2D eigenvalue weighted by Gasteiger charge is 2.31. The summed E-state index contributed by atoms with van der Waals surface area (Å²) in [5.74, 6) is -0.169. The molecule has 0 aromatic heterocycles. The van der Waals surface area contributed by atoms with Crippen molar-refractivity contribution in [3.8, 4) is 22.3 Å². The zero-order chi connectivity index (χ0) is 27.1. The maximum absolute atomic E-state index is 13.8. The summed E-state index contributed by atoms with van der Waals surface area (Å²) in [5, 5.41) is 0. The molecule has 0 aliphatic carbocycles. The average molecular weight is 501 g/mol. The van der Waals surface area contributed by atoms with E-state index in [2.05, 4.69) is 38.1 Å². The van der Waals surface area contributed by atoms with Gasteiger partial charge in [-0.05, 0) is 47.9 Å². The Balaban J connectivity index is 1.56. The standard InChI is InChI=1S/C36H36O2/c1-25(2)23-34(36(38)32-21-17-30(18-22-32)28-13-9-6-10-14-28)33(26(3)4)24-35(37)31-19-15-29(16-20-31)27-11-7-5-8-12-27/h5-23,26,33-34H,24H2,1-4H3/t33-,34+/m1/s1. The van der Waals surface area contributed by atoms with Crippen molar-refractivity contribution in [2.45, 2.75) is 34.1 Å². The van der Waals surface area contributed by atoms with Gasteiger partial charge in [0.05, 0.1) is 0 Å². The third-order valence-corrected chi connectivity index (χ3v) is 7.14. The molecule has 0 radical (unpaired) electrons. The van der Waals surface area contributed by atoms with Crippen molar-refractivity contribution in [1.29, 1.82) is 0 Å². The highest BCUT2D eigenvalue weighted by Crippen LogP contribution is 2.32. The van der Waals surface area contributed by atoms with E-state index in [1.54, 1.807) is 0 Å². The van der Waals surface area contributed by atoms with E-state index < -0.39 is 0 Å². The van der Waals surface area contributed by atoms with Crippen LogP contribution in [0, 0.1) is 17.8 Å². The molecular formula is C36H36O2. The molecule has 2 nitrogen and oxygen atoms in total. The molecule has 0 saturated heterocycles. The highest BCUT2D eigenvalue weighted by molar-refractivity contribution is 6.01. The molecule has 0 unspecified atom stereocenters. The number of carbonyl (C=O) groups excluding carboxylic acids is 2. The van der Waals surface area contributed by atoms with Gasteiger partial charge in [-0.15, -0.1) is 0 Å². The first kappa shape index (κ1) is 27.0. The summed E-state index contributed by atoms with van der Waals surface area (Å²) < 4.78 is 0. The minimum atomic E-state index is -0.366. The SMILES string of the molecule is CC(C)=C[C@H](C(=O)c1ccc(-c2ccccc2)cc1)[C@H](CC(=O)c1ccc(-c2ccccc2)cc1)C(C)C. The molecule has 4 aromatic carbocycles. The van der Waals surface area contributed by atoms with Gasteiger partial charge in [0.15, 0.2) is 11.6 Å². The number of hydrogen-bond donors (Lipinski definition) is 0. The molecule has 0 amide bonds. The Labute approximate surface area is 227 Å². The van der Waals surface area contributed by atoms with E-state index in [4.69, 9.17) is 0 Å². The van der Waals surface area contributed by atoms with Crippen molar-refractivity contribution >= 4 is 11.6 Å². The molecule has 2 atom stereocenters. The molecule has 0 heterocycles. The van der Waals surface area contributed by atoms with Gasteiger partial charge in [0, 0.05) is 23.5 Å². The molecule has 38 heavy (non-hydrogen) atoms. The van der Waals surface area contributed by atoms with Crippen LogP contribution in [0.2, 0.25) is 0 Å². The number of hydrogen-bond acceptors (Lipinski definition) is 2. The summed E-state index contributed by atoms with van der Waals surface area (Å²) in [5.41, 5.74) is 6.85. The summed E-state index contributed by atoms with van der Waals surface area (Å²) in [6.45, 7) is 8.24. The van der Waals surface area contributed by atoms with Crippen molar-refractivity contribution < 1.29 is 9.59 Å². The number of allylic oxidation sites excluding steroid dienone is 2. The molecule has 0 aliphatic heterocycles. The smallest absolute Gasteiger partial charge is 0.170 e. The maximum Gasteiger partial charge on any atom is 0.170 e. The van der Waals surface area contributed by atoms with E-state index in [9.17, 15) is 9.59 Å². The van der Waals surface area contributed by atoms with Crippen LogP contribution < -0.4 is 0 Å². The van der Waals surface area contributed by atoms with Crippen molar-refractivity contribution in [2.75, 3.05) is 0 Å². The lowest BCUT2D eigenvalue weighted by atomic mass is 9.75. The van der Waals surface area contributed by atoms with Crippen LogP contribution >= 0.6 is 0 Å². The quantitative estimate of drug-likeness (QED) is 0.161. The van der Waals surface area contributed by atoms with Gasteiger partial charge in [-0.25, -0.2) is 0 Å². The first-order valence-corrected chi connectivity index (χ1v) is 13.4. The van der Waals surface area contributed by atoms with Crippen LogP contribution in [-0.2, 0) is 0 Å². The lowest BCUT2D eigenvalue weighted by molar-refractivity contribution is 0.0839. The van der Waals surface area contributed by atoms with Gasteiger partial charge in [0.1, 0.15) is 0 Å². The third kappa shape index (κ3) is 6.63. The zero-order valence-electron chi connectivity index (χ0n) is 22.7. The fourth-order valence-electron chi connectivity index (χ4n) is 4.99. The van der Waals surface area contributed by atoms with Gasteiger partial charge in [-0.1, -0.05) is 135 Å². The summed E-state index contributed by atoms with van der Waals surface area (Å²) in [6.07, 6.45) is 2.37. The normalized spacial score (nSPS) is 12.6. The largest absolute Gasteiger partial charge is 0.294 e. The highest BCUT2D eigenvalue weighted by atomic mass is 16.1. The number of rotatable bonds is 10. The first-order chi connectivity index (χ1) is 18.3. The van der Waals surface area contributed by atoms with Gasteiger partial charge < -0.3 is 0 Å². The van der Waals surface area contributed by atoms with E-state index in [0.717, 1.165) is 27.8 Å². The molecule has 4 aromatic rings. The Morgan fingerprint density at radius 1 is 0.605 bits per heavy atom. The molecule has 0 bridgehead atoms. The van der Waals surface area contributed by atoms with Gasteiger partial charge >= 0.3 is 0 Å². The Hall–Kier alpha value is -4.04. The van der Waals surface area contributed by atoms with Crippen LogP contribution in [-0.4, -0.2) is 11.6 Å². The molecule has 0 saturated carbocycles. The number of ketones is 2. The topological polar surface area (TPSA) is 34.1 Å². The van der Waals surface area contributed by atoms with Gasteiger partial charge in [-0.3, -0.25) is 9.59 Å². The second kappa shape index (κ2) is 12.5. The van der Waals surface area contributed by atoms with Crippen LogP contribution in [0.15, 0.2) is 121 Å². The Kier molecular flexibility index (Phi) is 8.86. The van der Waals surface area contributed by atoms with E-state index in [1.165, 1.54) is 0 Å². The van der Waals surface area contributed by atoms with Crippen molar-refractivity contribution in [3.63, 3.8) is 0 Å². The second-order valence-corrected chi connectivity index (χ2v) is 10.6. The lowest BCUT2D eigenvalue weighted by Gasteiger charge is -2.27. The Morgan fingerprint density at radius 2 is 1.03 bits per heavy atom. The third-order valence-electron chi connectivity index (χ3n) is 7.14. The molecule has 0 fully saturated rings. The molecule has 4 rings (SSSR count). The minimum absolute atomic E-state index is 0.0664. The Morgan fingerprint density at radius 3 is 1.45 bits per heavy atom. The van der Waals surface area contributed by atoms with Crippen LogP contribution in [0.4, 0.5) is 0 Å². The predicted molar refractivity (Wildman–Crippen MR) is 158 cm³/mol. The van der Waals surface area contributed by atoms with Crippen molar-refractivity contribution in [3.05, 3.63) is 132 Å². The summed E-state index contributed by atoms with van der Waals surface area (Å²) in [4.78, 5) is 27.3. The fourth-order valence-corrected chi connectivity index (χ4v) is 4.99. The van der Waals surface area contributed by atoms with Crippen LogP contribution in [0.25, 0.3) is 22.3 Å². The van der Waals surface area contributed by atoms with Crippen molar-refractivity contribution in [1.82, 2.24) is 0 Å². The van der Waals surface area contributed by atoms with E-state index in [-0.39, 0.29) is 29.3 Å². The number of Topliss-reactive ketones (excluding diaryl/α,β-unsaturated/α-hetero) is 2. The molecule has 0 aliphatic rings. The number of carbonyl (C=O) groups is 2. The first-order valence-electron chi connectivity index (χ1n) is 13.4. The summed E-state index contributed by atoms with van der Waals surface area (Å²) in [6, 6.07) is 35.9. The lowest BCUT2D eigenvalue weighted by Crippen LogP contribution is -2.29. The molecule has 2 heteroatoms. The second-order valence-electron chi connectivity index (χ2n) is 10.6. The fraction of sp³-hybridized carbons (Fsp3) is 0.222. The molecular weight excluding hydrogens is 464 g/mol. The monoisotopic (exact) mass is 500 g/mol. The molecule has 0 spiro atoms. The van der Waals surface area contributed by atoms with Gasteiger partial charge in [-0.2, -0.15) is 0 Å². The van der Waals surface area contributed by atoms with E-state index in [0.29, 0.717) is 17.5 Å². The van der Waals surface area contributed by atoms with Crippen LogP contribution in [0.5, 0.6) is 0 Å². The summed E-state index contributed by atoms with van der Waals surface area (Å²) >= 11 is 0. The minimum Gasteiger partial charge on any atom is -0.294 e. The number of benzene rings is 4.